The van der Waals surface area contributed by atoms with E-state index < -0.39 is 149 Å². The van der Waals surface area contributed by atoms with Gasteiger partial charge in [0.25, 0.3) is 0 Å². The van der Waals surface area contributed by atoms with Gasteiger partial charge in [-0.25, -0.2) is 4.79 Å². The molecule has 4 saturated heterocycles. The van der Waals surface area contributed by atoms with Crippen molar-refractivity contribution in [3.05, 3.63) is 0 Å². The highest BCUT2D eigenvalue weighted by Gasteiger charge is 2.65. The molecular formula is C49H79ClO19. The zero-order valence-corrected chi connectivity index (χ0v) is 44.3. The van der Waals surface area contributed by atoms with Gasteiger partial charge in [0.15, 0.2) is 36.0 Å². The van der Waals surface area contributed by atoms with E-state index in [0.717, 1.165) is 0 Å². The van der Waals surface area contributed by atoms with Gasteiger partial charge in [-0.3, -0.25) is 24.0 Å². The van der Waals surface area contributed by atoms with E-state index in [2.05, 4.69) is 0 Å². The molecule has 0 N–H and O–H groups in total. The summed E-state index contributed by atoms with van der Waals surface area (Å²) in [7, 11) is 2.91. The van der Waals surface area contributed by atoms with Crippen LogP contribution in [0.3, 0.4) is 0 Å². The minimum Gasteiger partial charge on any atom is -0.461 e. The van der Waals surface area contributed by atoms with E-state index in [0.29, 0.717) is 6.42 Å². The molecule has 4 fully saturated rings. The quantitative estimate of drug-likeness (QED) is 0.0989. The molecule has 19 nitrogen and oxygen atoms in total. The van der Waals surface area contributed by atoms with Crippen LogP contribution in [0, 0.1) is 41.4 Å². The largest absolute Gasteiger partial charge is 0.510 e. The van der Waals surface area contributed by atoms with E-state index in [-0.39, 0.29) is 37.7 Å². The Labute approximate surface area is 412 Å². The molecule has 0 aromatic carbocycles. The molecule has 0 aliphatic carbocycles. The molecule has 1 unspecified atom stereocenters. The highest BCUT2D eigenvalue weighted by Crippen LogP contribution is 2.52. The van der Waals surface area contributed by atoms with Crippen LogP contribution in [0.4, 0.5) is 4.79 Å². The van der Waals surface area contributed by atoms with E-state index in [1.54, 1.807) is 55.4 Å². The number of alkyl halides is 1. The maximum atomic E-state index is 14.9. The Hall–Kier alpha value is -3.33. The molecule has 4 aliphatic rings. The fourth-order valence-electron chi connectivity index (χ4n) is 10.9. The Morgan fingerprint density at radius 3 is 1.94 bits per heavy atom. The average molecular weight is 1010 g/mol. The fraction of sp³-hybridized carbons (Fsp3) is 0.878. The highest BCUT2D eigenvalue weighted by atomic mass is 35.5. The lowest BCUT2D eigenvalue weighted by Gasteiger charge is -2.47. The van der Waals surface area contributed by atoms with Crippen LogP contribution < -0.4 is 0 Å². The number of hydrogen-bond acceptors (Lipinski definition) is 19. The highest BCUT2D eigenvalue weighted by molar-refractivity contribution is 6.25. The van der Waals surface area contributed by atoms with Crippen molar-refractivity contribution < 1.29 is 90.3 Å². The van der Waals surface area contributed by atoms with Gasteiger partial charge < -0.3 is 61.6 Å². The molecule has 0 bridgehead atoms. The lowest BCUT2D eigenvalue weighted by molar-refractivity contribution is -0.307. The number of ether oxygens (including phenoxy) is 13. The maximum Gasteiger partial charge on any atom is 0.510 e. The second kappa shape index (κ2) is 23.9. The van der Waals surface area contributed by atoms with Crippen molar-refractivity contribution >= 4 is 47.6 Å². The fourth-order valence-corrected chi connectivity index (χ4v) is 11.2. The maximum absolute atomic E-state index is 14.9. The van der Waals surface area contributed by atoms with Crippen LogP contribution in [0.5, 0.6) is 0 Å². The zero-order chi connectivity index (χ0) is 52.1. The van der Waals surface area contributed by atoms with Crippen LogP contribution in [-0.2, 0) is 85.6 Å². The predicted octanol–water partition coefficient (Wildman–Crippen LogP) is 6.82. The van der Waals surface area contributed by atoms with E-state index in [1.165, 1.54) is 35.0 Å². The van der Waals surface area contributed by atoms with Gasteiger partial charge in [0.05, 0.1) is 36.8 Å². The third kappa shape index (κ3) is 13.8. The summed E-state index contributed by atoms with van der Waals surface area (Å²) in [6.45, 7) is 25.0. The van der Waals surface area contributed by atoms with Crippen LogP contribution in [0.15, 0.2) is 0 Å². The lowest BCUT2D eigenvalue weighted by Crippen LogP contribution is -2.60. The van der Waals surface area contributed by atoms with Gasteiger partial charge in [0.1, 0.15) is 24.4 Å². The topological polar surface area (TPSA) is 222 Å². The Morgan fingerprint density at radius 2 is 1.38 bits per heavy atom. The summed E-state index contributed by atoms with van der Waals surface area (Å²) < 4.78 is 79.1. The van der Waals surface area contributed by atoms with Crippen LogP contribution >= 0.6 is 11.6 Å². The number of halogens is 1. The third-order valence-electron chi connectivity index (χ3n) is 14.0. The number of carbonyl (C=O) groups is 6. The van der Waals surface area contributed by atoms with Crippen molar-refractivity contribution in [2.75, 3.05) is 20.8 Å². The summed E-state index contributed by atoms with van der Waals surface area (Å²) in [5.41, 5.74) is -2.82. The second-order valence-electron chi connectivity index (χ2n) is 20.7. The normalized spacial score (nSPS) is 41.6. The molecule has 396 valence electrons. The van der Waals surface area contributed by atoms with E-state index in [1.807, 2.05) is 27.7 Å². The third-order valence-corrected chi connectivity index (χ3v) is 14.8. The van der Waals surface area contributed by atoms with Gasteiger partial charge in [-0.1, -0.05) is 60.1 Å². The summed E-state index contributed by atoms with van der Waals surface area (Å²) in [5, 5.41) is -1.88. The monoisotopic (exact) mass is 1010 g/mol. The first-order valence-electron chi connectivity index (χ1n) is 24.2. The molecule has 4 aliphatic heterocycles. The SMILES string of the molecule is CO[C@H]1[C@@H](OC)[C@H](OC[C@H](C)[C@H]2OC(=O)[C@H](C)[C@@H](O[C@H]3C[C@@](C)(OC(C)=O)[C@@H](OC(C)=O)[C@H](C)O3)[C@H](C)C[C@@H](C)C[C@]3(C)OC(=O)OC3(Cl)[C@H](C)[C@H](OC(=O)CC(C)C)[C@H]2C)O[C@H](C)[C@H]1OC(C)=O. The Morgan fingerprint density at radius 1 is 0.754 bits per heavy atom. The van der Waals surface area contributed by atoms with Crippen molar-refractivity contribution in [1.29, 1.82) is 0 Å². The van der Waals surface area contributed by atoms with Crippen molar-refractivity contribution in [2.24, 2.45) is 41.4 Å². The van der Waals surface area contributed by atoms with Gasteiger partial charge >= 0.3 is 36.0 Å². The first-order valence-corrected chi connectivity index (χ1v) is 24.6. The first kappa shape index (κ1) is 58.2. The van der Waals surface area contributed by atoms with Crippen LogP contribution in [0.25, 0.3) is 0 Å². The van der Waals surface area contributed by atoms with Gasteiger partial charge in [-0.15, -0.1) is 0 Å². The minimum absolute atomic E-state index is 0.0530. The number of esters is 5. The summed E-state index contributed by atoms with van der Waals surface area (Å²) >= 11 is 7.54. The Balaban J connectivity index is 1.82. The van der Waals surface area contributed by atoms with Gasteiger partial charge in [-0.2, -0.15) is 0 Å². The summed E-state index contributed by atoms with van der Waals surface area (Å²) in [6.07, 6.45) is -10.5. The molecule has 0 amide bonds. The molecule has 0 saturated carbocycles. The number of methoxy groups -OCH3 is 2. The zero-order valence-electron chi connectivity index (χ0n) is 43.6. The molecule has 0 radical (unpaired) electrons. The second-order valence-corrected chi connectivity index (χ2v) is 21.3. The molecule has 4 heterocycles. The van der Waals surface area contributed by atoms with Gasteiger partial charge in [0.2, 0.25) is 5.06 Å². The number of cyclic esters (lactones) is 1. The number of rotatable bonds is 14. The standard InChI is InChI=1S/C49H79ClO19/c1-23(2)18-35(54)64-39-27(6)38(26(5)22-59-45-42(58-17)41(57-16)40(30(9)61-45)62-32(11)51)66-44(55)28(7)37(25(4)19-24(3)20-48(15)49(50,29(39)8)69-46(56)68-48)65-36-21-47(14,67-34(13)53)43(31(10)60-36)63-33(12)52/h23-31,36-43,45H,18-22H2,1-17H3/t24-,25-,26+,27+,28-,29-,30-,31+,36+,37+,38-,39-,40-,41-,42-,43+,45-,47-,48+,49?/m1/s1. The smallest absolute Gasteiger partial charge is 0.461 e. The van der Waals surface area contributed by atoms with Gasteiger partial charge in [-0.05, 0) is 65.2 Å². The molecule has 0 spiro atoms. The molecular weight excluding hydrogens is 928 g/mol. The number of fused-ring (bicyclic) bond motifs is 1. The van der Waals surface area contributed by atoms with Crippen molar-refractivity contribution in [1.82, 2.24) is 0 Å². The molecule has 20 heteroatoms. The van der Waals surface area contributed by atoms with Crippen molar-refractivity contribution in [2.45, 2.75) is 213 Å². The van der Waals surface area contributed by atoms with E-state index >= 15 is 0 Å². The Kier molecular flexibility index (Phi) is 20.2. The van der Waals surface area contributed by atoms with Crippen LogP contribution in [-0.4, -0.2) is 141 Å². The predicted molar refractivity (Wildman–Crippen MR) is 245 cm³/mol. The Bertz CT molecular complexity index is 1800. The summed E-state index contributed by atoms with van der Waals surface area (Å²) in [4.78, 5) is 78.6. The molecule has 0 aromatic heterocycles. The molecule has 4 rings (SSSR count). The lowest BCUT2D eigenvalue weighted by atomic mass is 9.74. The van der Waals surface area contributed by atoms with Crippen molar-refractivity contribution in [3.8, 4) is 0 Å². The average Bonchev–Trinajstić information content (AvgIpc) is 3.46. The minimum atomic E-state index is -1.88. The van der Waals surface area contributed by atoms with Crippen molar-refractivity contribution in [3.63, 3.8) is 0 Å². The van der Waals surface area contributed by atoms with Crippen LogP contribution in [0.2, 0.25) is 0 Å². The molecule has 69 heavy (non-hydrogen) atoms. The summed E-state index contributed by atoms with van der Waals surface area (Å²) in [5.74, 6) is -7.08. The van der Waals surface area contributed by atoms with Gasteiger partial charge in [0, 0.05) is 59.7 Å². The first-order chi connectivity index (χ1) is 32.0. The van der Waals surface area contributed by atoms with E-state index in [4.69, 9.17) is 73.2 Å². The van der Waals surface area contributed by atoms with Crippen LogP contribution in [0.1, 0.15) is 130 Å². The summed E-state index contributed by atoms with van der Waals surface area (Å²) in [6, 6.07) is 0. The number of hydrogen-bond donors (Lipinski definition) is 0. The molecule has 0 aromatic rings. The molecule has 20 atom stereocenters. The number of carbonyl (C=O) groups excluding carboxylic acids is 6. The van der Waals surface area contributed by atoms with E-state index in [9.17, 15) is 28.8 Å².